The fourth-order valence-electron chi connectivity index (χ4n) is 4.33. The van der Waals surface area contributed by atoms with Crippen LogP contribution in [-0.2, 0) is 11.3 Å². The number of aromatic nitrogens is 5. The number of aromatic amines is 1. The lowest BCUT2D eigenvalue weighted by Crippen LogP contribution is -2.44. The van der Waals surface area contributed by atoms with Gasteiger partial charge in [0.2, 0.25) is 11.9 Å². The molecule has 1 fully saturated rings. The molecule has 1 aliphatic heterocycles. The topological polar surface area (TPSA) is 113 Å². The van der Waals surface area contributed by atoms with E-state index in [-0.39, 0.29) is 11.9 Å². The van der Waals surface area contributed by atoms with Gasteiger partial charge in [0.25, 0.3) is 0 Å². The van der Waals surface area contributed by atoms with Gasteiger partial charge >= 0.3 is 0 Å². The summed E-state index contributed by atoms with van der Waals surface area (Å²) in [7, 11) is 1.66. The molecular formula is C25H28N8O2. The molecule has 0 aliphatic carbocycles. The number of nitrogens with one attached hydrogen (secondary N) is 3. The van der Waals surface area contributed by atoms with E-state index in [1.165, 1.54) is 6.08 Å². The molecule has 180 valence electrons. The Labute approximate surface area is 203 Å². The van der Waals surface area contributed by atoms with Crippen molar-refractivity contribution in [3.8, 4) is 5.75 Å². The highest BCUT2D eigenvalue weighted by molar-refractivity contribution is 5.89. The molecule has 10 nitrogen and oxygen atoms in total. The molecule has 0 radical (unpaired) electrons. The summed E-state index contributed by atoms with van der Waals surface area (Å²) in [6, 6.07) is 9.95. The maximum absolute atomic E-state index is 12.1. The number of fused-ring (bicyclic) bond motifs is 1. The van der Waals surface area contributed by atoms with E-state index in [0.29, 0.717) is 19.0 Å². The van der Waals surface area contributed by atoms with Crippen molar-refractivity contribution in [1.29, 1.82) is 0 Å². The largest absolute Gasteiger partial charge is 0.497 e. The van der Waals surface area contributed by atoms with Gasteiger partial charge in [0, 0.05) is 31.5 Å². The summed E-state index contributed by atoms with van der Waals surface area (Å²) < 4.78 is 7.15. The summed E-state index contributed by atoms with van der Waals surface area (Å²) in [4.78, 5) is 26.4. The van der Waals surface area contributed by atoms with Crippen LogP contribution in [0, 0.1) is 0 Å². The van der Waals surface area contributed by atoms with Crippen LogP contribution in [0.5, 0.6) is 5.75 Å². The van der Waals surface area contributed by atoms with Crippen LogP contribution >= 0.6 is 0 Å². The van der Waals surface area contributed by atoms with Gasteiger partial charge in [-0.3, -0.25) is 9.48 Å². The third-order valence-electron chi connectivity index (χ3n) is 6.03. The Hall–Kier alpha value is -4.34. The number of piperidine rings is 1. The first-order valence-corrected chi connectivity index (χ1v) is 11.6. The number of amides is 1. The van der Waals surface area contributed by atoms with E-state index in [4.69, 9.17) is 9.72 Å². The van der Waals surface area contributed by atoms with Gasteiger partial charge in [0.1, 0.15) is 17.2 Å². The first-order valence-electron chi connectivity index (χ1n) is 11.6. The SMILES string of the molecule is C=CC(=O)N1CCC[C@@H](Nc2nc(Nc3cnn(Cc4cccc(OC)c4)c3)nc3[nH]ccc23)C1. The first kappa shape index (κ1) is 22.5. The molecule has 1 aliphatic rings. The number of anilines is 3. The maximum atomic E-state index is 12.1. The molecule has 4 aromatic rings. The molecule has 10 heteroatoms. The second-order valence-corrected chi connectivity index (χ2v) is 8.51. The van der Waals surface area contributed by atoms with Crippen molar-refractivity contribution in [2.75, 3.05) is 30.8 Å². The summed E-state index contributed by atoms with van der Waals surface area (Å²) >= 11 is 0. The van der Waals surface area contributed by atoms with Gasteiger partial charge < -0.3 is 25.3 Å². The second kappa shape index (κ2) is 9.88. The van der Waals surface area contributed by atoms with Crippen molar-refractivity contribution >= 4 is 34.4 Å². The average Bonchev–Trinajstić information content (AvgIpc) is 3.53. The Morgan fingerprint density at radius 2 is 2.26 bits per heavy atom. The number of hydrogen-bond acceptors (Lipinski definition) is 7. The molecule has 0 saturated carbocycles. The van der Waals surface area contributed by atoms with Crippen LogP contribution in [0.3, 0.4) is 0 Å². The van der Waals surface area contributed by atoms with Gasteiger partial charge in [-0.05, 0) is 42.7 Å². The van der Waals surface area contributed by atoms with Gasteiger partial charge in [-0.2, -0.15) is 15.1 Å². The molecule has 1 aromatic carbocycles. The van der Waals surface area contributed by atoms with Crippen molar-refractivity contribution in [2.24, 2.45) is 0 Å². The van der Waals surface area contributed by atoms with Crippen LogP contribution in [-0.4, -0.2) is 61.8 Å². The lowest BCUT2D eigenvalue weighted by atomic mass is 10.1. The predicted molar refractivity (Wildman–Crippen MR) is 135 cm³/mol. The minimum atomic E-state index is -0.0423. The molecule has 3 aromatic heterocycles. The van der Waals surface area contributed by atoms with Gasteiger partial charge in [-0.1, -0.05) is 18.7 Å². The fourth-order valence-corrected chi connectivity index (χ4v) is 4.33. The molecule has 1 saturated heterocycles. The summed E-state index contributed by atoms with van der Waals surface area (Å²) in [5.41, 5.74) is 2.60. The Morgan fingerprint density at radius 3 is 3.11 bits per heavy atom. The Balaban J connectivity index is 1.32. The number of H-pyrrole nitrogens is 1. The van der Waals surface area contributed by atoms with E-state index in [1.807, 2.05) is 52.3 Å². The van der Waals surface area contributed by atoms with Crippen molar-refractivity contribution < 1.29 is 9.53 Å². The molecule has 1 atom stereocenters. The van der Waals surface area contributed by atoms with E-state index < -0.39 is 0 Å². The lowest BCUT2D eigenvalue weighted by molar-refractivity contribution is -0.127. The van der Waals surface area contributed by atoms with Crippen LogP contribution in [0.1, 0.15) is 18.4 Å². The standard InChI is InChI=1S/C25H28N8O2/c1-3-22(34)32-11-5-7-18(15-32)28-24-21-9-10-26-23(21)30-25(31-24)29-19-13-27-33(16-19)14-17-6-4-8-20(12-17)35-2/h3-4,6,8-10,12-13,16,18H,1,5,7,11,14-15H2,2H3,(H3,26,28,29,30,31)/t18-/m1/s1. The molecule has 1 amide bonds. The van der Waals surface area contributed by atoms with Crippen LogP contribution < -0.4 is 15.4 Å². The smallest absolute Gasteiger partial charge is 0.246 e. The van der Waals surface area contributed by atoms with E-state index in [9.17, 15) is 4.79 Å². The van der Waals surface area contributed by atoms with Crippen molar-refractivity contribution in [1.82, 2.24) is 29.6 Å². The predicted octanol–water partition coefficient (Wildman–Crippen LogP) is 3.54. The van der Waals surface area contributed by atoms with E-state index in [1.54, 1.807) is 13.3 Å². The Kier molecular flexibility index (Phi) is 6.34. The molecule has 0 spiro atoms. The first-order chi connectivity index (χ1) is 17.1. The van der Waals surface area contributed by atoms with E-state index in [0.717, 1.165) is 53.2 Å². The number of likely N-dealkylation sites (tertiary alicyclic amines) is 1. The maximum Gasteiger partial charge on any atom is 0.246 e. The van der Waals surface area contributed by atoms with Gasteiger partial charge in [-0.25, -0.2) is 0 Å². The molecular weight excluding hydrogens is 444 g/mol. The average molecular weight is 473 g/mol. The van der Waals surface area contributed by atoms with Crippen molar-refractivity contribution in [2.45, 2.75) is 25.4 Å². The molecule has 0 unspecified atom stereocenters. The molecule has 5 rings (SSSR count). The number of ether oxygens (including phenoxy) is 1. The number of benzene rings is 1. The zero-order valence-corrected chi connectivity index (χ0v) is 19.6. The number of rotatable bonds is 8. The quantitative estimate of drug-likeness (QED) is 0.336. The fraction of sp³-hybridized carbons (Fsp3) is 0.280. The molecule has 35 heavy (non-hydrogen) atoms. The Morgan fingerprint density at radius 1 is 1.34 bits per heavy atom. The highest BCUT2D eigenvalue weighted by Gasteiger charge is 2.23. The minimum Gasteiger partial charge on any atom is -0.497 e. The molecule has 3 N–H and O–H groups in total. The van der Waals surface area contributed by atoms with Crippen molar-refractivity contribution in [3.63, 3.8) is 0 Å². The van der Waals surface area contributed by atoms with Crippen LogP contribution in [0.25, 0.3) is 11.0 Å². The highest BCUT2D eigenvalue weighted by Crippen LogP contribution is 2.25. The highest BCUT2D eigenvalue weighted by atomic mass is 16.5. The summed E-state index contributed by atoms with van der Waals surface area (Å²) in [6.45, 7) is 5.58. The van der Waals surface area contributed by atoms with E-state index in [2.05, 4.69) is 32.3 Å². The van der Waals surface area contributed by atoms with Crippen molar-refractivity contribution in [3.05, 3.63) is 67.1 Å². The van der Waals surface area contributed by atoms with Crippen LogP contribution in [0.2, 0.25) is 0 Å². The number of nitrogens with zero attached hydrogens (tertiary/aromatic N) is 5. The normalized spacial score (nSPS) is 15.7. The van der Waals surface area contributed by atoms with Crippen LogP contribution in [0.4, 0.5) is 17.5 Å². The van der Waals surface area contributed by atoms with Gasteiger partial charge in [0.05, 0.1) is 30.9 Å². The number of carbonyl (C=O) groups excluding carboxylic acids is 1. The van der Waals surface area contributed by atoms with Crippen LogP contribution in [0.15, 0.2) is 61.6 Å². The van der Waals surface area contributed by atoms with Gasteiger partial charge in [0.15, 0.2) is 0 Å². The number of carbonyl (C=O) groups is 1. The van der Waals surface area contributed by atoms with Gasteiger partial charge in [-0.15, -0.1) is 0 Å². The minimum absolute atomic E-state index is 0.0423. The van der Waals surface area contributed by atoms with E-state index >= 15 is 0 Å². The second-order valence-electron chi connectivity index (χ2n) is 8.51. The molecule has 4 heterocycles. The lowest BCUT2D eigenvalue weighted by Gasteiger charge is -2.33. The Bertz CT molecular complexity index is 1340. The monoisotopic (exact) mass is 472 g/mol. The summed E-state index contributed by atoms with van der Waals surface area (Å²) in [6.07, 6.45) is 8.75. The zero-order chi connectivity index (χ0) is 24.2. The summed E-state index contributed by atoms with van der Waals surface area (Å²) in [5, 5.41) is 12.1. The number of hydrogen-bond donors (Lipinski definition) is 3. The zero-order valence-electron chi connectivity index (χ0n) is 19.6. The number of methoxy groups -OCH3 is 1. The molecule has 0 bridgehead atoms. The third-order valence-corrected chi connectivity index (χ3v) is 6.03. The third kappa shape index (κ3) is 5.11. The summed E-state index contributed by atoms with van der Waals surface area (Å²) in [5.74, 6) is 1.95.